The summed E-state index contributed by atoms with van der Waals surface area (Å²) in [5, 5.41) is 4.84. The molecule has 15 aromatic rings. The van der Waals surface area contributed by atoms with Gasteiger partial charge in [-0.2, -0.15) is 0 Å². The fraction of sp³-hybridized carbons (Fsp3) is 0. The molecule has 0 radical (unpaired) electrons. The van der Waals surface area contributed by atoms with E-state index in [4.69, 9.17) is 9.97 Å². The van der Waals surface area contributed by atoms with Gasteiger partial charge in [0.05, 0.1) is 33.5 Å². The molecule has 0 aliphatic carbocycles. The highest BCUT2D eigenvalue weighted by molar-refractivity contribution is 6.12. The summed E-state index contributed by atoms with van der Waals surface area (Å²) in [5.74, 6) is 0. The Morgan fingerprint density at radius 3 is 0.841 bits per heavy atom. The molecule has 0 aliphatic rings. The van der Waals surface area contributed by atoms with Gasteiger partial charge in [0.2, 0.25) is 0 Å². The van der Waals surface area contributed by atoms with Crippen LogP contribution >= 0.6 is 0 Å². The maximum atomic E-state index is 4.89. The van der Waals surface area contributed by atoms with E-state index in [2.05, 4.69) is 322 Å². The quantitative estimate of drug-likeness (QED) is 0.122. The Morgan fingerprint density at radius 1 is 0.220 bits per heavy atom. The third-order valence-corrected chi connectivity index (χ3v) is 15.8. The monoisotopic (exact) mass is 1050 g/mol. The van der Waals surface area contributed by atoms with Crippen molar-refractivity contribution in [1.82, 2.24) is 19.1 Å². The number of nitrogens with zero attached hydrogens (tertiary/aromatic N) is 6. The van der Waals surface area contributed by atoms with Gasteiger partial charge in [-0.1, -0.05) is 182 Å². The zero-order valence-corrected chi connectivity index (χ0v) is 44.7. The molecule has 3 heterocycles. The summed E-state index contributed by atoms with van der Waals surface area (Å²) in [6.07, 6.45) is 3.55. The Labute approximate surface area is 476 Å². The van der Waals surface area contributed by atoms with Crippen LogP contribution in [0.25, 0.3) is 99.8 Å². The fourth-order valence-electron chi connectivity index (χ4n) is 12.0. The van der Waals surface area contributed by atoms with E-state index < -0.39 is 0 Å². The standard InChI is InChI=1S/C76H52N6/c1-5-17-59(18-6-1)79(60-19-7-2-8-20-60)65-45-47-73-69(51-65)67-25-13-15-27-71(67)81(73)63-41-37-55(38-42-63)53-29-33-57(34-30-53)75-76(78-50-49-77-75)58-35-31-54(32-36-58)56-39-43-64(44-40-56)82-72-28-16-14-26-68(72)70-52-66(46-48-74(70)82)80(61-21-9-3-10-22-61)62-23-11-4-12-24-62/h1-52H. The molecule has 6 nitrogen and oxygen atoms in total. The normalized spacial score (nSPS) is 11.4. The number of benzene rings is 12. The second-order valence-electron chi connectivity index (χ2n) is 20.6. The molecule has 0 amide bonds. The molecule has 0 N–H and O–H groups in total. The van der Waals surface area contributed by atoms with Crippen LogP contribution in [0, 0.1) is 0 Å². The van der Waals surface area contributed by atoms with E-state index in [1.165, 1.54) is 32.6 Å². The van der Waals surface area contributed by atoms with Gasteiger partial charge in [-0.05, 0) is 144 Å². The van der Waals surface area contributed by atoms with E-state index in [1.54, 1.807) is 12.4 Å². The molecule has 15 rings (SSSR count). The molecule has 0 spiro atoms. The highest BCUT2D eigenvalue weighted by Crippen LogP contribution is 2.42. The molecular weight excluding hydrogens is 997 g/mol. The predicted molar refractivity (Wildman–Crippen MR) is 342 cm³/mol. The molecule has 0 saturated carbocycles. The molecule has 6 heteroatoms. The Balaban J connectivity index is 0.680. The highest BCUT2D eigenvalue weighted by atomic mass is 15.1. The van der Waals surface area contributed by atoms with E-state index in [1.807, 2.05) is 0 Å². The summed E-state index contributed by atoms with van der Waals surface area (Å²) in [7, 11) is 0. The maximum Gasteiger partial charge on any atom is 0.0965 e. The Hall–Kier alpha value is -11.1. The second kappa shape index (κ2) is 20.6. The van der Waals surface area contributed by atoms with Crippen LogP contribution in [-0.2, 0) is 0 Å². The molecule has 0 aliphatic heterocycles. The summed E-state index contributed by atoms with van der Waals surface area (Å²) in [5.41, 5.74) is 21.8. The van der Waals surface area contributed by atoms with Crippen molar-refractivity contribution >= 4 is 77.7 Å². The third-order valence-electron chi connectivity index (χ3n) is 15.8. The van der Waals surface area contributed by atoms with Crippen molar-refractivity contribution in [2.24, 2.45) is 0 Å². The smallest absolute Gasteiger partial charge is 0.0965 e. The molecule has 0 atom stereocenters. The number of fused-ring (bicyclic) bond motifs is 6. The van der Waals surface area contributed by atoms with Crippen LogP contribution in [0.1, 0.15) is 0 Å². The molecule has 386 valence electrons. The number of para-hydroxylation sites is 6. The van der Waals surface area contributed by atoms with Crippen molar-refractivity contribution in [3.05, 3.63) is 316 Å². The van der Waals surface area contributed by atoms with Gasteiger partial charge in [0.25, 0.3) is 0 Å². The van der Waals surface area contributed by atoms with E-state index in [9.17, 15) is 0 Å². The zero-order valence-electron chi connectivity index (χ0n) is 44.7. The second-order valence-corrected chi connectivity index (χ2v) is 20.6. The lowest BCUT2D eigenvalue weighted by Gasteiger charge is -2.25. The molecular formula is C76H52N6. The van der Waals surface area contributed by atoms with Crippen molar-refractivity contribution in [2.75, 3.05) is 9.80 Å². The van der Waals surface area contributed by atoms with E-state index in [-0.39, 0.29) is 0 Å². The molecule has 3 aromatic heterocycles. The Kier molecular flexibility index (Phi) is 12.1. The van der Waals surface area contributed by atoms with Gasteiger partial charge in [0.1, 0.15) is 0 Å². The van der Waals surface area contributed by atoms with Crippen molar-refractivity contribution in [2.45, 2.75) is 0 Å². The zero-order chi connectivity index (χ0) is 54.3. The number of rotatable bonds is 12. The SMILES string of the molecule is c1ccc(N(c2ccccc2)c2ccc3c(c2)c2ccccc2n3-c2ccc(-c3ccc(-c4nccnc4-c4ccc(-c5ccc(-n6c7ccccc7c7cc(N(c8ccccc8)c8ccccc8)ccc76)cc5)cc4)cc3)cc2)cc1. The first-order valence-corrected chi connectivity index (χ1v) is 27.8. The van der Waals surface area contributed by atoms with Crippen LogP contribution in [0.2, 0.25) is 0 Å². The fourth-order valence-corrected chi connectivity index (χ4v) is 12.0. The molecule has 12 aromatic carbocycles. The molecule has 0 unspecified atom stereocenters. The van der Waals surface area contributed by atoms with Crippen molar-refractivity contribution < 1.29 is 0 Å². The molecule has 0 fully saturated rings. The minimum atomic E-state index is 0.845. The van der Waals surface area contributed by atoms with E-state index >= 15 is 0 Å². The molecule has 0 bridgehead atoms. The van der Waals surface area contributed by atoms with Crippen LogP contribution in [0.5, 0.6) is 0 Å². The average molecular weight is 1050 g/mol. The van der Waals surface area contributed by atoms with Gasteiger partial charge in [-0.25, -0.2) is 0 Å². The van der Waals surface area contributed by atoms with Gasteiger partial charge in [-0.3, -0.25) is 9.97 Å². The largest absolute Gasteiger partial charge is 0.310 e. The minimum absolute atomic E-state index is 0.845. The van der Waals surface area contributed by atoms with E-state index in [0.717, 1.165) is 101 Å². The first-order valence-electron chi connectivity index (χ1n) is 27.8. The maximum absolute atomic E-state index is 4.89. The summed E-state index contributed by atoms with van der Waals surface area (Å²) < 4.78 is 4.76. The van der Waals surface area contributed by atoms with Crippen LogP contribution in [0.15, 0.2) is 316 Å². The van der Waals surface area contributed by atoms with Crippen LogP contribution in [0.4, 0.5) is 34.1 Å². The highest BCUT2D eigenvalue weighted by Gasteiger charge is 2.20. The predicted octanol–water partition coefficient (Wildman–Crippen LogP) is 20.3. The van der Waals surface area contributed by atoms with Crippen LogP contribution in [0.3, 0.4) is 0 Å². The van der Waals surface area contributed by atoms with Gasteiger partial charge in [-0.15, -0.1) is 0 Å². The van der Waals surface area contributed by atoms with Crippen LogP contribution < -0.4 is 9.80 Å². The van der Waals surface area contributed by atoms with Gasteiger partial charge in [0, 0.05) is 90.6 Å². The summed E-state index contributed by atoms with van der Waals surface area (Å²) in [4.78, 5) is 14.4. The first kappa shape index (κ1) is 48.1. The lowest BCUT2D eigenvalue weighted by atomic mass is 9.98. The van der Waals surface area contributed by atoms with Gasteiger partial charge in [0.15, 0.2) is 0 Å². The van der Waals surface area contributed by atoms with Gasteiger partial charge < -0.3 is 18.9 Å². The van der Waals surface area contributed by atoms with Crippen molar-refractivity contribution in [3.63, 3.8) is 0 Å². The number of aromatic nitrogens is 4. The Bertz CT molecular complexity index is 4360. The minimum Gasteiger partial charge on any atom is -0.310 e. The third kappa shape index (κ3) is 8.63. The number of hydrogen-bond acceptors (Lipinski definition) is 4. The Morgan fingerprint density at radius 2 is 0.500 bits per heavy atom. The van der Waals surface area contributed by atoms with Gasteiger partial charge >= 0.3 is 0 Å². The van der Waals surface area contributed by atoms with Crippen molar-refractivity contribution in [1.29, 1.82) is 0 Å². The molecule has 82 heavy (non-hydrogen) atoms. The average Bonchev–Trinajstić information content (AvgIpc) is 4.24. The summed E-state index contributed by atoms with van der Waals surface area (Å²) in [6, 6.07) is 109. The number of anilines is 6. The summed E-state index contributed by atoms with van der Waals surface area (Å²) >= 11 is 0. The van der Waals surface area contributed by atoms with E-state index in [0.29, 0.717) is 0 Å². The van der Waals surface area contributed by atoms with Crippen LogP contribution in [-0.4, -0.2) is 19.1 Å². The molecule has 0 saturated heterocycles. The number of hydrogen-bond donors (Lipinski definition) is 0. The lowest BCUT2D eigenvalue weighted by molar-refractivity contribution is 1.18. The van der Waals surface area contributed by atoms with Crippen molar-refractivity contribution in [3.8, 4) is 56.1 Å². The first-order chi connectivity index (χ1) is 40.7. The lowest BCUT2D eigenvalue weighted by Crippen LogP contribution is -2.09. The summed E-state index contributed by atoms with van der Waals surface area (Å²) in [6.45, 7) is 0. The topological polar surface area (TPSA) is 42.1 Å².